The molecule has 2 aromatic heterocycles. The molecule has 2 aromatic rings. The lowest BCUT2D eigenvalue weighted by atomic mass is 10.3. The van der Waals surface area contributed by atoms with Gasteiger partial charge in [0.25, 0.3) is 0 Å². The highest BCUT2D eigenvalue weighted by atomic mass is 16.5. The quantitative estimate of drug-likeness (QED) is 0.796. The first-order chi connectivity index (χ1) is 8.16. The topological polar surface area (TPSA) is 101 Å². The van der Waals surface area contributed by atoms with Crippen LogP contribution in [0.5, 0.6) is 0 Å². The molecule has 0 aromatic carbocycles. The number of furan rings is 1. The second-order valence-electron chi connectivity index (χ2n) is 3.43. The molecule has 0 aliphatic heterocycles. The van der Waals surface area contributed by atoms with Gasteiger partial charge in [-0.1, -0.05) is 5.16 Å². The summed E-state index contributed by atoms with van der Waals surface area (Å²) in [6, 6.07) is 2.76. The maximum atomic E-state index is 10.6. The van der Waals surface area contributed by atoms with E-state index in [2.05, 4.69) is 15.5 Å². The Hall–Kier alpha value is -2.15. The van der Waals surface area contributed by atoms with Gasteiger partial charge in [-0.25, -0.2) is 0 Å². The Balaban J connectivity index is 1.97. The predicted octanol–water partition coefficient (Wildman–Crippen LogP) is 0.892. The van der Waals surface area contributed by atoms with E-state index in [1.807, 2.05) is 0 Å². The summed E-state index contributed by atoms with van der Waals surface area (Å²) >= 11 is 0. The predicted molar refractivity (Wildman–Crippen MR) is 55.9 cm³/mol. The second kappa shape index (κ2) is 4.79. The second-order valence-corrected chi connectivity index (χ2v) is 3.43. The van der Waals surface area contributed by atoms with Gasteiger partial charge in [0.05, 0.1) is 12.8 Å². The van der Waals surface area contributed by atoms with E-state index in [0.717, 1.165) is 0 Å². The van der Waals surface area contributed by atoms with Crippen molar-refractivity contribution in [3.8, 4) is 11.6 Å². The van der Waals surface area contributed by atoms with E-state index in [-0.39, 0.29) is 6.54 Å². The molecule has 0 saturated heterocycles. The summed E-state index contributed by atoms with van der Waals surface area (Å²) < 4.78 is 10.0. The summed E-state index contributed by atoms with van der Waals surface area (Å²) in [6.07, 6.45) is 1.51. The van der Waals surface area contributed by atoms with Gasteiger partial charge in [-0.05, 0) is 19.1 Å². The highest BCUT2D eigenvalue weighted by Gasteiger charge is 2.14. The molecular formula is C10H11N3O4. The summed E-state index contributed by atoms with van der Waals surface area (Å²) in [5.74, 6) is 0.223. The van der Waals surface area contributed by atoms with E-state index in [1.54, 1.807) is 12.1 Å². The molecule has 0 amide bonds. The largest absolute Gasteiger partial charge is 0.480 e. The van der Waals surface area contributed by atoms with Gasteiger partial charge < -0.3 is 14.0 Å². The summed E-state index contributed by atoms with van der Waals surface area (Å²) in [5.41, 5.74) is 0. The maximum Gasteiger partial charge on any atom is 0.320 e. The standard InChI is InChI=1S/C10H11N3O4/c1-6(10(14)15)11-5-8-12-9(13-17-8)7-3-2-4-16-7/h2-4,6,11H,5H2,1H3,(H,14,15)/t6-/m0/s1. The van der Waals surface area contributed by atoms with Crippen LogP contribution in [0.2, 0.25) is 0 Å². The van der Waals surface area contributed by atoms with Gasteiger partial charge in [-0.15, -0.1) is 0 Å². The average Bonchev–Trinajstić information content (AvgIpc) is 2.95. The van der Waals surface area contributed by atoms with Crippen LogP contribution in [0.1, 0.15) is 12.8 Å². The Morgan fingerprint density at radius 3 is 3.12 bits per heavy atom. The Labute approximate surface area is 96.4 Å². The van der Waals surface area contributed by atoms with Crippen LogP contribution in [0.25, 0.3) is 11.6 Å². The van der Waals surface area contributed by atoms with Crippen molar-refractivity contribution in [3.05, 3.63) is 24.3 Å². The van der Waals surface area contributed by atoms with E-state index in [4.69, 9.17) is 14.0 Å². The number of nitrogens with one attached hydrogen (secondary N) is 1. The van der Waals surface area contributed by atoms with E-state index in [0.29, 0.717) is 17.5 Å². The molecule has 0 aliphatic carbocycles. The van der Waals surface area contributed by atoms with Gasteiger partial charge in [-0.3, -0.25) is 10.1 Å². The lowest BCUT2D eigenvalue weighted by Crippen LogP contribution is -2.33. The third-order valence-corrected chi connectivity index (χ3v) is 2.14. The average molecular weight is 237 g/mol. The molecule has 0 spiro atoms. The Bertz CT molecular complexity index is 491. The maximum absolute atomic E-state index is 10.6. The van der Waals surface area contributed by atoms with Gasteiger partial charge in [0, 0.05) is 0 Å². The molecule has 7 nitrogen and oxygen atoms in total. The first-order valence-corrected chi connectivity index (χ1v) is 4.99. The number of aromatic nitrogens is 2. The van der Waals surface area contributed by atoms with Crippen molar-refractivity contribution in [3.63, 3.8) is 0 Å². The number of nitrogens with zero attached hydrogens (tertiary/aromatic N) is 2. The van der Waals surface area contributed by atoms with Crippen LogP contribution in [-0.2, 0) is 11.3 Å². The molecule has 7 heteroatoms. The molecule has 2 N–H and O–H groups in total. The number of carboxylic acids is 1. The normalized spacial score (nSPS) is 12.5. The molecule has 0 aliphatic rings. The monoisotopic (exact) mass is 237 g/mol. The van der Waals surface area contributed by atoms with Crippen LogP contribution in [0.3, 0.4) is 0 Å². The summed E-state index contributed by atoms with van der Waals surface area (Å²) in [6.45, 7) is 1.73. The Morgan fingerprint density at radius 2 is 2.47 bits per heavy atom. The lowest BCUT2D eigenvalue weighted by Gasteiger charge is -2.04. The molecule has 90 valence electrons. The van der Waals surface area contributed by atoms with Crippen LogP contribution in [0.4, 0.5) is 0 Å². The third-order valence-electron chi connectivity index (χ3n) is 2.14. The molecule has 0 fully saturated rings. The van der Waals surface area contributed by atoms with Crippen LogP contribution < -0.4 is 5.32 Å². The van der Waals surface area contributed by atoms with Crippen molar-refractivity contribution in [2.24, 2.45) is 0 Å². The number of rotatable bonds is 5. The zero-order chi connectivity index (χ0) is 12.3. The molecule has 0 radical (unpaired) electrons. The first-order valence-electron chi connectivity index (χ1n) is 4.99. The number of carbonyl (C=O) groups is 1. The minimum absolute atomic E-state index is 0.196. The fourth-order valence-electron chi connectivity index (χ4n) is 1.16. The van der Waals surface area contributed by atoms with E-state index in [9.17, 15) is 4.79 Å². The fraction of sp³-hybridized carbons (Fsp3) is 0.300. The first kappa shape index (κ1) is 11.3. The molecular weight excluding hydrogens is 226 g/mol. The van der Waals surface area contributed by atoms with Gasteiger partial charge >= 0.3 is 5.97 Å². The van der Waals surface area contributed by atoms with Crippen LogP contribution in [0.15, 0.2) is 27.3 Å². The number of hydrogen-bond donors (Lipinski definition) is 2. The number of aliphatic carboxylic acids is 1. The fourth-order valence-corrected chi connectivity index (χ4v) is 1.16. The molecule has 0 saturated carbocycles. The smallest absolute Gasteiger partial charge is 0.320 e. The highest BCUT2D eigenvalue weighted by Crippen LogP contribution is 2.15. The molecule has 0 bridgehead atoms. The zero-order valence-corrected chi connectivity index (χ0v) is 9.08. The summed E-state index contributed by atoms with van der Waals surface area (Å²) in [5, 5.41) is 15.1. The molecule has 2 rings (SSSR count). The van der Waals surface area contributed by atoms with Crippen molar-refractivity contribution in [2.75, 3.05) is 0 Å². The lowest BCUT2D eigenvalue weighted by molar-refractivity contribution is -0.139. The molecule has 1 atom stereocenters. The van der Waals surface area contributed by atoms with Gasteiger partial charge in [0.15, 0.2) is 5.76 Å². The van der Waals surface area contributed by atoms with E-state index < -0.39 is 12.0 Å². The van der Waals surface area contributed by atoms with Gasteiger partial charge in [0.1, 0.15) is 6.04 Å². The van der Waals surface area contributed by atoms with Crippen molar-refractivity contribution >= 4 is 5.97 Å². The molecule has 0 unspecified atom stereocenters. The van der Waals surface area contributed by atoms with Crippen molar-refractivity contribution in [1.29, 1.82) is 0 Å². The zero-order valence-electron chi connectivity index (χ0n) is 9.08. The van der Waals surface area contributed by atoms with Crippen molar-refractivity contribution in [2.45, 2.75) is 19.5 Å². The summed E-state index contributed by atoms with van der Waals surface area (Å²) in [4.78, 5) is 14.6. The highest BCUT2D eigenvalue weighted by molar-refractivity contribution is 5.72. The summed E-state index contributed by atoms with van der Waals surface area (Å²) in [7, 11) is 0. The van der Waals surface area contributed by atoms with E-state index in [1.165, 1.54) is 13.2 Å². The molecule has 2 heterocycles. The van der Waals surface area contributed by atoms with Crippen LogP contribution in [-0.4, -0.2) is 27.3 Å². The van der Waals surface area contributed by atoms with Gasteiger partial charge in [-0.2, -0.15) is 4.98 Å². The van der Waals surface area contributed by atoms with Crippen LogP contribution in [0, 0.1) is 0 Å². The Morgan fingerprint density at radius 1 is 1.65 bits per heavy atom. The van der Waals surface area contributed by atoms with Gasteiger partial charge in [0.2, 0.25) is 11.7 Å². The van der Waals surface area contributed by atoms with Crippen LogP contribution >= 0.6 is 0 Å². The molecule has 17 heavy (non-hydrogen) atoms. The number of hydrogen-bond acceptors (Lipinski definition) is 6. The minimum atomic E-state index is -0.934. The van der Waals surface area contributed by atoms with E-state index >= 15 is 0 Å². The third kappa shape index (κ3) is 2.70. The van der Waals surface area contributed by atoms with Crippen molar-refractivity contribution in [1.82, 2.24) is 15.5 Å². The number of carboxylic acid groups (broad SMARTS) is 1. The SMILES string of the molecule is C[C@H](NCc1nc(-c2ccco2)no1)C(=O)O. The Kier molecular flexibility index (Phi) is 3.20. The van der Waals surface area contributed by atoms with Crippen molar-refractivity contribution < 1.29 is 18.8 Å². The minimum Gasteiger partial charge on any atom is -0.480 e.